The van der Waals surface area contributed by atoms with E-state index in [1.54, 1.807) is 12.1 Å². The Kier molecular flexibility index (Phi) is 4.64. The van der Waals surface area contributed by atoms with E-state index in [0.29, 0.717) is 17.8 Å². The van der Waals surface area contributed by atoms with Gasteiger partial charge in [0.15, 0.2) is 15.6 Å². The van der Waals surface area contributed by atoms with Crippen LogP contribution in [-0.2, 0) is 9.84 Å². The molecule has 0 aromatic heterocycles. The highest BCUT2D eigenvalue weighted by molar-refractivity contribution is 7.90. The molecule has 1 rings (SSSR count). The van der Waals surface area contributed by atoms with Crippen molar-refractivity contribution in [1.29, 1.82) is 0 Å². The summed E-state index contributed by atoms with van der Waals surface area (Å²) in [6, 6.07) is 4.73. The van der Waals surface area contributed by atoms with Crippen LogP contribution >= 0.6 is 0 Å². The molecule has 0 radical (unpaired) electrons. The fraction of sp³-hybridized carbons (Fsp3) is 0.533. The van der Waals surface area contributed by atoms with Crippen LogP contribution < -0.4 is 4.90 Å². The van der Waals surface area contributed by atoms with Crippen molar-refractivity contribution < 1.29 is 13.2 Å². The van der Waals surface area contributed by atoms with E-state index in [4.69, 9.17) is 0 Å². The van der Waals surface area contributed by atoms with Gasteiger partial charge in [0.05, 0.1) is 10.6 Å². The van der Waals surface area contributed by atoms with E-state index in [1.165, 1.54) is 19.2 Å². The Morgan fingerprint density at radius 2 is 1.80 bits per heavy atom. The van der Waals surface area contributed by atoms with Gasteiger partial charge in [-0.2, -0.15) is 0 Å². The smallest absolute Gasteiger partial charge is 0.177 e. The zero-order valence-electron chi connectivity index (χ0n) is 13.0. The molecule has 0 aliphatic heterocycles. The number of Topliss-reactive ketones (excluding diaryl/α,β-unsaturated/α-hetero) is 1. The van der Waals surface area contributed by atoms with Crippen LogP contribution in [0.25, 0.3) is 0 Å². The van der Waals surface area contributed by atoms with Crippen molar-refractivity contribution in [2.24, 2.45) is 5.41 Å². The minimum Gasteiger partial charge on any atom is -0.373 e. The van der Waals surface area contributed by atoms with Gasteiger partial charge in [-0.05, 0) is 30.5 Å². The van der Waals surface area contributed by atoms with Gasteiger partial charge in [0.2, 0.25) is 0 Å². The maximum atomic E-state index is 11.9. The molecule has 1 aromatic rings. The molecule has 0 aliphatic carbocycles. The molecule has 112 valence electrons. The predicted molar refractivity (Wildman–Crippen MR) is 82.3 cm³/mol. The number of hydrogen-bond donors (Lipinski definition) is 0. The summed E-state index contributed by atoms with van der Waals surface area (Å²) in [6.45, 7) is 8.41. The molecular formula is C15H23NO3S. The van der Waals surface area contributed by atoms with Crippen LogP contribution in [0.1, 0.15) is 38.1 Å². The first-order chi connectivity index (χ1) is 8.92. The predicted octanol–water partition coefficient (Wildman–Crippen LogP) is 2.78. The van der Waals surface area contributed by atoms with Crippen LogP contribution in [0.2, 0.25) is 0 Å². The maximum absolute atomic E-state index is 11.9. The Morgan fingerprint density at radius 1 is 1.25 bits per heavy atom. The normalized spacial score (nSPS) is 12.3. The minimum atomic E-state index is -3.33. The SMILES string of the molecule is CC(=O)c1ccc(S(C)(=O)=O)c(N(C)CC(C)(C)C)c1. The second-order valence-corrected chi connectivity index (χ2v) is 8.41. The first-order valence-electron chi connectivity index (χ1n) is 6.48. The molecule has 20 heavy (non-hydrogen) atoms. The van der Waals surface area contributed by atoms with Crippen molar-refractivity contribution >= 4 is 21.3 Å². The van der Waals surface area contributed by atoms with Crippen LogP contribution in [0.4, 0.5) is 5.69 Å². The van der Waals surface area contributed by atoms with Crippen LogP contribution in [0, 0.1) is 5.41 Å². The summed E-state index contributed by atoms with van der Waals surface area (Å²) in [7, 11) is -1.48. The van der Waals surface area contributed by atoms with E-state index in [0.717, 1.165) is 0 Å². The Balaban J connectivity index is 3.39. The molecule has 0 saturated heterocycles. The molecule has 1 aromatic carbocycles. The molecule has 0 saturated carbocycles. The number of carbonyl (C=O) groups is 1. The fourth-order valence-electron chi connectivity index (χ4n) is 2.14. The van der Waals surface area contributed by atoms with Crippen molar-refractivity contribution in [3.8, 4) is 0 Å². The number of anilines is 1. The van der Waals surface area contributed by atoms with Gasteiger partial charge in [0.1, 0.15) is 0 Å². The average Bonchev–Trinajstić information content (AvgIpc) is 2.24. The van der Waals surface area contributed by atoms with Crippen molar-refractivity contribution in [2.75, 3.05) is 24.7 Å². The van der Waals surface area contributed by atoms with Gasteiger partial charge in [0.25, 0.3) is 0 Å². The second-order valence-electron chi connectivity index (χ2n) is 6.43. The largest absolute Gasteiger partial charge is 0.373 e. The molecule has 0 fully saturated rings. The minimum absolute atomic E-state index is 0.0236. The van der Waals surface area contributed by atoms with Gasteiger partial charge in [-0.25, -0.2) is 8.42 Å². The number of hydrogen-bond acceptors (Lipinski definition) is 4. The zero-order valence-corrected chi connectivity index (χ0v) is 13.8. The Labute approximate surface area is 121 Å². The summed E-state index contributed by atoms with van der Waals surface area (Å²) >= 11 is 0. The van der Waals surface area contributed by atoms with E-state index in [1.807, 2.05) is 11.9 Å². The monoisotopic (exact) mass is 297 g/mol. The maximum Gasteiger partial charge on any atom is 0.177 e. The molecule has 0 bridgehead atoms. The number of rotatable bonds is 4. The number of ketones is 1. The molecule has 0 spiro atoms. The molecule has 5 heteroatoms. The number of carbonyl (C=O) groups excluding carboxylic acids is 1. The summed E-state index contributed by atoms with van der Waals surface area (Å²) < 4.78 is 23.8. The quantitative estimate of drug-likeness (QED) is 0.802. The number of sulfone groups is 1. The Hall–Kier alpha value is -1.36. The lowest BCUT2D eigenvalue weighted by molar-refractivity contribution is 0.101. The molecule has 0 N–H and O–H groups in total. The molecular weight excluding hydrogens is 274 g/mol. The van der Waals surface area contributed by atoms with Crippen molar-refractivity contribution in [3.63, 3.8) is 0 Å². The highest BCUT2D eigenvalue weighted by Crippen LogP contribution is 2.28. The number of benzene rings is 1. The summed E-state index contributed by atoms with van der Waals surface area (Å²) in [5, 5.41) is 0. The van der Waals surface area contributed by atoms with Gasteiger partial charge < -0.3 is 4.90 Å². The average molecular weight is 297 g/mol. The standard InChI is InChI=1S/C15H23NO3S/c1-11(17)12-7-8-14(20(6,18)19)13(9-12)16(5)10-15(2,3)4/h7-9H,10H2,1-6H3. The third-order valence-corrected chi connectivity index (χ3v) is 4.03. The lowest BCUT2D eigenvalue weighted by Crippen LogP contribution is -2.30. The Bertz CT molecular complexity index is 612. The van der Waals surface area contributed by atoms with Crippen molar-refractivity contribution in [1.82, 2.24) is 0 Å². The molecule has 4 nitrogen and oxygen atoms in total. The van der Waals surface area contributed by atoms with E-state index >= 15 is 0 Å². The zero-order chi connectivity index (χ0) is 15.7. The van der Waals surface area contributed by atoms with Gasteiger partial charge >= 0.3 is 0 Å². The van der Waals surface area contributed by atoms with E-state index in [-0.39, 0.29) is 16.1 Å². The lowest BCUT2D eigenvalue weighted by atomic mass is 9.96. The summed E-state index contributed by atoms with van der Waals surface area (Å²) in [5.41, 5.74) is 1.12. The second kappa shape index (κ2) is 5.56. The highest BCUT2D eigenvalue weighted by Gasteiger charge is 2.21. The van der Waals surface area contributed by atoms with Crippen LogP contribution in [0.15, 0.2) is 23.1 Å². The van der Waals surface area contributed by atoms with Crippen molar-refractivity contribution in [2.45, 2.75) is 32.6 Å². The molecule has 0 aliphatic rings. The third-order valence-electron chi connectivity index (χ3n) is 2.89. The summed E-state index contributed by atoms with van der Waals surface area (Å²) in [5.74, 6) is -0.0736. The van der Waals surface area contributed by atoms with Crippen LogP contribution in [-0.4, -0.2) is 34.0 Å². The van der Waals surface area contributed by atoms with Crippen molar-refractivity contribution in [3.05, 3.63) is 23.8 Å². The number of nitrogens with zero attached hydrogens (tertiary/aromatic N) is 1. The molecule has 0 amide bonds. The lowest BCUT2D eigenvalue weighted by Gasteiger charge is -2.29. The summed E-state index contributed by atoms with van der Waals surface area (Å²) in [6.07, 6.45) is 1.18. The first kappa shape index (κ1) is 16.7. The molecule has 0 atom stereocenters. The van der Waals surface area contributed by atoms with E-state index in [2.05, 4.69) is 20.8 Å². The van der Waals surface area contributed by atoms with Gasteiger partial charge in [0, 0.05) is 25.4 Å². The van der Waals surface area contributed by atoms with Crippen LogP contribution in [0.5, 0.6) is 0 Å². The highest BCUT2D eigenvalue weighted by atomic mass is 32.2. The van der Waals surface area contributed by atoms with E-state index < -0.39 is 9.84 Å². The topological polar surface area (TPSA) is 54.5 Å². The summed E-state index contributed by atoms with van der Waals surface area (Å²) in [4.78, 5) is 13.6. The van der Waals surface area contributed by atoms with Gasteiger partial charge in [-0.3, -0.25) is 4.79 Å². The first-order valence-corrected chi connectivity index (χ1v) is 8.37. The van der Waals surface area contributed by atoms with Gasteiger partial charge in [-0.15, -0.1) is 0 Å². The Morgan fingerprint density at radius 3 is 2.20 bits per heavy atom. The molecule has 0 unspecified atom stereocenters. The van der Waals surface area contributed by atoms with Crippen LogP contribution in [0.3, 0.4) is 0 Å². The third kappa shape index (κ3) is 4.34. The van der Waals surface area contributed by atoms with Gasteiger partial charge in [-0.1, -0.05) is 20.8 Å². The fourth-order valence-corrected chi connectivity index (χ4v) is 3.05. The molecule has 0 heterocycles. The van der Waals surface area contributed by atoms with E-state index in [9.17, 15) is 13.2 Å².